The summed E-state index contributed by atoms with van der Waals surface area (Å²) >= 11 is 0. The lowest BCUT2D eigenvalue weighted by molar-refractivity contribution is -0.137. The van der Waals surface area contributed by atoms with E-state index in [9.17, 15) is 23.1 Å². The van der Waals surface area contributed by atoms with Crippen molar-refractivity contribution in [2.24, 2.45) is 13.0 Å². The highest BCUT2D eigenvalue weighted by molar-refractivity contribution is 5.93. The van der Waals surface area contributed by atoms with Crippen LogP contribution >= 0.6 is 0 Å². The standard InChI is InChI=1S/C18H19F3N4O3/c1-8-10(7-25(2)24-8)14-15(12-6-11(26)16(14)28-12)17(27)23-13-5-9(3-4-22-13)18(19,20)21/h3-5,7,11-12,14-16,26H,6H2,1-2H3,(H,22,23,27)/t11-,12+,14+,15-,16-/m0/s1. The molecule has 2 aromatic rings. The van der Waals surface area contributed by atoms with E-state index in [-0.39, 0.29) is 5.82 Å². The van der Waals surface area contributed by atoms with Crippen LogP contribution in [-0.4, -0.2) is 44.1 Å². The fraction of sp³-hybridized carbons (Fsp3) is 0.500. The largest absolute Gasteiger partial charge is 0.416 e. The fourth-order valence-corrected chi connectivity index (χ4v) is 4.24. The van der Waals surface area contributed by atoms with Gasteiger partial charge in [0.1, 0.15) is 5.82 Å². The molecule has 2 N–H and O–H groups in total. The predicted molar refractivity (Wildman–Crippen MR) is 91.3 cm³/mol. The summed E-state index contributed by atoms with van der Waals surface area (Å²) in [5.41, 5.74) is 0.605. The van der Waals surface area contributed by atoms with Crippen molar-refractivity contribution < 1.29 is 27.8 Å². The summed E-state index contributed by atoms with van der Waals surface area (Å²) in [4.78, 5) is 16.8. The number of aryl methyl sites for hydroxylation is 2. The molecule has 5 atom stereocenters. The van der Waals surface area contributed by atoms with Gasteiger partial charge in [-0.15, -0.1) is 0 Å². The molecule has 1 amide bonds. The zero-order chi connectivity index (χ0) is 20.2. The molecular weight excluding hydrogens is 377 g/mol. The molecule has 2 fully saturated rings. The summed E-state index contributed by atoms with van der Waals surface area (Å²) in [5, 5.41) is 17.0. The number of aliphatic hydroxyl groups is 1. The Labute approximate surface area is 158 Å². The van der Waals surface area contributed by atoms with E-state index in [1.54, 1.807) is 24.9 Å². The molecule has 0 aromatic carbocycles. The Morgan fingerprint density at radius 2 is 2.18 bits per heavy atom. The monoisotopic (exact) mass is 396 g/mol. The van der Waals surface area contributed by atoms with Crippen molar-refractivity contribution in [1.82, 2.24) is 14.8 Å². The van der Waals surface area contributed by atoms with Gasteiger partial charge in [-0.25, -0.2) is 4.98 Å². The Morgan fingerprint density at radius 1 is 1.43 bits per heavy atom. The zero-order valence-electron chi connectivity index (χ0n) is 15.1. The number of fused-ring (bicyclic) bond motifs is 2. The molecule has 2 aliphatic heterocycles. The first-order valence-electron chi connectivity index (χ1n) is 8.83. The molecule has 0 unspecified atom stereocenters. The van der Waals surface area contributed by atoms with Crippen molar-refractivity contribution >= 4 is 11.7 Å². The molecule has 28 heavy (non-hydrogen) atoms. The van der Waals surface area contributed by atoms with E-state index in [0.717, 1.165) is 23.9 Å². The summed E-state index contributed by atoms with van der Waals surface area (Å²) < 4.78 is 46.1. The van der Waals surface area contributed by atoms with Crippen molar-refractivity contribution in [2.75, 3.05) is 5.32 Å². The number of amides is 1. The van der Waals surface area contributed by atoms with Crippen LogP contribution in [0.1, 0.15) is 29.2 Å². The van der Waals surface area contributed by atoms with E-state index in [2.05, 4.69) is 15.4 Å². The summed E-state index contributed by atoms with van der Waals surface area (Å²) in [6.07, 6.45) is -3.23. The second-order valence-electron chi connectivity index (χ2n) is 7.25. The summed E-state index contributed by atoms with van der Waals surface area (Å²) in [6, 6.07) is 1.64. The Hall–Kier alpha value is -2.46. The molecule has 4 heterocycles. The Bertz CT molecular complexity index is 914. The van der Waals surface area contributed by atoms with Crippen LogP contribution in [0.5, 0.6) is 0 Å². The van der Waals surface area contributed by atoms with E-state index < -0.39 is 47.8 Å². The second kappa shape index (κ2) is 6.56. The van der Waals surface area contributed by atoms with Crippen LogP contribution in [0.2, 0.25) is 0 Å². The molecular formula is C18H19F3N4O3. The Balaban J connectivity index is 1.62. The smallest absolute Gasteiger partial charge is 0.390 e. The van der Waals surface area contributed by atoms with E-state index >= 15 is 0 Å². The average molecular weight is 396 g/mol. The summed E-state index contributed by atoms with van der Waals surface area (Å²) in [6.45, 7) is 1.80. The molecule has 150 valence electrons. The van der Waals surface area contributed by atoms with Crippen molar-refractivity contribution in [2.45, 2.75) is 43.8 Å². The molecule has 0 radical (unpaired) electrons. The Morgan fingerprint density at radius 3 is 2.82 bits per heavy atom. The van der Waals surface area contributed by atoms with Gasteiger partial charge in [-0.1, -0.05) is 0 Å². The van der Waals surface area contributed by atoms with Crippen molar-refractivity contribution in [1.29, 1.82) is 0 Å². The van der Waals surface area contributed by atoms with Gasteiger partial charge in [-0.2, -0.15) is 18.3 Å². The third kappa shape index (κ3) is 3.16. The van der Waals surface area contributed by atoms with Crippen LogP contribution in [0.4, 0.5) is 19.0 Å². The number of halogens is 3. The van der Waals surface area contributed by atoms with Gasteiger partial charge in [-0.05, 0) is 24.6 Å². The minimum absolute atomic E-state index is 0.176. The van der Waals surface area contributed by atoms with Gasteiger partial charge >= 0.3 is 6.18 Å². The highest BCUT2D eigenvalue weighted by Crippen LogP contribution is 2.49. The minimum atomic E-state index is -4.53. The molecule has 0 aliphatic carbocycles. The second-order valence-corrected chi connectivity index (χ2v) is 7.25. The van der Waals surface area contributed by atoms with Gasteiger partial charge in [0.15, 0.2) is 0 Å². The summed E-state index contributed by atoms with van der Waals surface area (Å²) in [5.74, 6) is -1.76. The minimum Gasteiger partial charge on any atom is -0.390 e. The van der Waals surface area contributed by atoms with E-state index in [1.807, 2.05) is 0 Å². The lowest BCUT2D eigenvalue weighted by atomic mass is 9.74. The number of ether oxygens (including phenoxy) is 1. The first-order valence-corrected chi connectivity index (χ1v) is 8.83. The van der Waals surface area contributed by atoms with Crippen molar-refractivity contribution in [3.63, 3.8) is 0 Å². The first kappa shape index (κ1) is 18.9. The number of hydrogen-bond donors (Lipinski definition) is 2. The van der Waals surface area contributed by atoms with Crippen LogP contribution in [0, 0.1) is 12.8 Å². The molecule has 2 aliphatic rings. The lowest BCUT2D eigenvalue weighted by Gasteiger charge is -2.29. The quantitative estimate of drug-likeness (QED) is 0.829. The predicted octanol–water partition coefficient (Wildman–Crippen LogP) is 2.01. The van der Waals surface area contributed by atoms with Crippen LogP contribution in [0.3, 0.4) is 0 Å². The molecule has 4 rings (SSSR count). The van der Waals surface area contributed by atoms with Crippen LogP contribution < -0.4 is 5.32 Å². The highest BCUT2D eigenvalue weighted by Gasteiger charge is 2.57. The number of hydrogen-bond acceptors (Lipinski definition) is 5. The topological polar surface area (TPSA) is 89.3 Å². The third-order valence-electron chi connectivity index (χ3n) is 5.38. The number of aromatic nitrogens is 3. The normalized spacial score (nSPS) is 29.3. The van der Waals surface area contributed by atoms with E-state index in [0.29, 0.717) is 12.1 Å². The molecule has 2 aromatic heterocycles. The highest BCUT2D eigenvalue weighted by atomic mass is 19.4. The van der Waals surface area contributed by atoms with Crippen molar-refractivity contribution in [3.05, 3.63) is 41.3 Å². The number of aliphatic hydroxyl groups excluding tert-OH is 1. The number of alkyl halides is 3. The number of rotatable bonds is 3. The number of pyridine rings is 1. The lowest BCUT2D eigenvalue weighted by Crippen LogP contribution is -2.41. The summed E-state index contributed by atoms with van der Waals surface area (Å²) in [7, 11) is 1.75. The molecule has 2 bridgehead atoms. The van der Waals surface area contributed by atoms with Gasteiger partial charge in [0.2, 0.25) is 5.91 Å². The van der Waals surface area contributed by atoms with Gasteiger partial charge < -0.3 is 15.2 Å². The van der Waals surface area contributed by atoms with E-state index in [1.165, 1.54) is 0 Å². The van der Waals surface area contributed by atoms with Gasteiger partial charge in [-0.3, -0.25) is 9.48 Å². The molecule has 10 heteroatoms. The van der Waals surface area contributed by atoms with Crippen LogP contribution in [0.25, 0.3) is 0 Å². The molecule has 0 saturated carbocycles. The van der Waals surface area contributed by atoms with Gasteiger partial charge in [0, 0.05) is 31.8 Å². The SMILES string of the molecule is Cc1nn(C)cc1[C@H]1[C@H]2O[C@H](C[C@@H]2O)[C@@H]1C(=O)Nc1cc(C(F)(F)F)ccn1. The number of carbonyl (C=O) groups excluding carboxylic acids is 1. The first-order chi connectivity index (χ1) is 13.1. The third-order valence-corrected chi connectivity index (χ3v) is 5.38. The maximum absolute atomic E-state index is 13.0. The maximum Gasteiger partial charge on any atom is 0.416 e. The van der Waals surface area contributed by atoms with E-state index in [4.69, 9.17) is 4.74 Å². The van der Waals surface area contributed by atoms with Gasteiger partial charge in [0.25, 0.3) is 0 Å². The van der Waals surface area contributed by atoms with Crippen LogP contribution in [-0.2, 0) is 22.8 Å². The zero-order valence-corrected chi connectivity index (χ0v) is 15.1. The maximum atomic E-state index is 13.0. The number of nitrogens with zero attached hydrogens (tertiary/aromatic N) is 3. The fourth-order valence-electron chi connectivity index (χ4n) is 4.24. The molecule has 2 saturated heterocycles. The molecule has 0 spiro atoms. The van der Waals surface area contributed by atoms with Gasteiger partial charge in [0.05, 0.1) is 35.5 Å². The number of anilines is 1. The molecule has 7 nitrogen and oxygen atoms in total. The number of carbonyl (C=O) groups is 1. The van der Waals surface area contributed by atoms with Crippen LogP contribution in [0.15, 0.2) is 24.5 Å². The average Bonchev–Trinajstić information content (AvgIpc) is 3.25. The number of nitrogens with one attached hydrogen (secondary N) is 1. The Kier molecular flexibility index (Phi) is 4.42. The van der Waals surface area contributed by atoms with Crippen molar-refractivity contribution in [3.8, 4) is 0 Å².